The van der Waals surface area contributed by atoms with Crippen molar-refractivity contribution >= 4 is 75.8 Å². The van der Waals surface area contributed by atoms with Gasteiger partial charge in [0.05, 0.1) is 25.6 Å². The van der Waals surface area contributed by atoms with Crippen LogP contribution in [0.5, 0.6) is 0 Å². The van der Waals surface area contributed by atoms with Crippen molar-refractivity contribution in [3.63, 3.8) is 0 Å². The summed E-state index contributed by atoms with van der Waals surface area (Å²) in [6.45, 7) is 6.31. The Morgan fingerprint density at radius 3 is 2.62 bits per heavy atom. The van der Waals surface area contributed by atoms with E-state index < -0.39 is 54.2 Å². The minimum atomic E-state index is -3.50. The van der Waals surface area contributed by atoms with E-state index in [1.54, 1.807) is 34.6 Å². The molecule has 1 aliphatic heterocycles. The molecule has 6 atom stereocenters. The number of nitrogens with two attached hydrogens (primary N) is 2. The monoisotopic (exact) mass is 671 g/mol. The van der Waals surface area contributed by atoms with E-state index in [-0.39, 0.29) is 46.5 Å². The molecular weight excluding hydrogens is 636 g/mol. The van der Waals surface area contributed by atoms with Crippen molar-refractivity contribution in [1.82, 2.24) is 24.6 Å². The predicted molar refractivity (Wildman–Crippen MR) is 161 cm³/mol. The summed E-state index contributed by atoms with van der Waals surface area (Å²) in [5.41, 5.74) is 11.1. The molecule has 3 rings (SSSR count). The molecule has 1 saturated heterocycles. The normalized spacial score (nSPS) is 25.0. The lowest BCUT2D eigenvalue weighted by atomic mass is 10.00. The minimum absolute atomic E-state index is 0.00839. The van der Waals surface area contributed by atoms with Gasteiger partial charge in [-0.3, -0.25) is 14.2 Å². The van der Waals surface area contributed by atoms with Crippen molar-refractivity contribution in [3.8, 4) is 0 Å². The second kappa shape index (κ2) is 13.5. The SMILES string of the molecule is CC(C)OC(=O)[C@@H](C)NP(=S)(OCCSC(=O)C(C)(C)C)OC[C@H]1O[C@@H](n2cnc3c(N)nc(N)nc32)[C@](F)(Cl)[C@@H]1O. The minimum Gasteiger partial charge on any atom is -0.462 e. The highest BCUT2D eigenvalue weighted by molar-refractivity contribution is 8.13. The van der Waals surface area contributed by atoms with Crippen LogP contribution in [0.15, 0.2) is 6.33 Å². The number of carbonyl (C=O) groups is 2. The summed E-state index contributed by atoms with van der Waals surface area (Å²) in [6, 6.07) is -0.939. The van der Waals surface area contributed by atoms with Gasteiger partial charge in [-0.25, -0.2) is 14.5 Å². The summed E-state index contributed by atoms with van der Waals surface area (Å²) in [5, 5.41) is 10.7. The number of halogens is 2. The fraction of sp³-hybridized carbons (Fsp3) is 0.696. The topological polar surface area (TPSA) is 199 Å². The first-order valence-corrected chi connectivity index (χ1v) is 16.9. The molecule has 236 valence electrons. The number of esters is 1. The number of rotatable bonds is 12. The zero-order chi connectivity index (χ0) is 31.6. The van der Waals surface area contributed by atoms with Crippen LogP contribution in [0.1, 0.15) is 47.8 Å². The number of fused-ring (bicyclic) bond motifs is 1. The van der Waals surface area contributed by atoms with Gasteiger partial charge in [-0.05, 0) is 32.6 Å². The van der Waals surface area contributed by atoms with Gasteiger partial charge in [0, 0.05) is 11.2 Å². The molecule has 0 bridgehead atoms. The van der Waals surface area contributed by atoms with Gasteiger partial charge >= 0.3 is 5.97 Å². The molecule has 0 aromatic carbocycles. The fourth-order valence-corrected chi connectivity index (χ4v) is 7.21. The largest absolute Gasteiger partial charge is 0.462 e. The molecule has 2 aromatic heterocycles. The lowest BCUT2D eigenvalue weighted by Crippen LogP contribution is -2.39. The molecule has 0 radical (unpaired) electrons. The Labute approximate surface area is 256 Å². The zero-order valence-electron chi connectivity index (χ0n) is 23.9. The molecule has 2 aromatic rings. The predicted octanol–water partition coefficient (Wildman–Crippen LogP) is 2.65. The molecule has 0 spiro atoms. The molecule has 1 fully saturated rings. The number of hydrogen-bond acceptors (Lipinski definition) is 14. The molecular formula is C23H36ClFN7O7PS2. The maximum absolute atomic E-state index is 15.7. The molecule has 0 saturated carbocycles. The van der Waals surface area contributed by atoms with Gasteiger partial charge < -0.3 is 35.1 Å². The zero-order valence-corrected chi connectivity index (χ0v) is 27.2. The number of nitrogens with one attached hydrogen (secondary N) is 1. The standard InChI is InChI=1S/C23H36ClFN7O7PS2/c1-11(2)38-18(34)12(3)31-40(41,36-7-8-42-20(35)22(4,5)6)37-9-13-15(33)23(24,25)19(39-13)32-10-28-14-16(26)29-21(27)30-17(14)32/h10-13,15,19,33H,7-9H2,1-6H3,(H,31,41)(H4,26,27,29,30)/t12-,13-,15-,19-,23+,40?/m1/s1. The molecule has 42 heavy (non-hydrogen) atoms. The Morgan fingerprint density at radius 2 is 2.00 bits per heavy atom. The number of aliphatic hydroxyl groups is 1. The van der Waals surface area contributed by atoms with Crippen LogP contribution < -0.4 is 16.6 Å². The first kappa shape index (κ1) is 34.8. The van der Waals surface area contributed by atoms with Crippen LogP contribution in [-0.4, -0.2) is 84.2 Å². The van der Waals surface area contributed by atoms with E-state index in [4.69, 9.17) is 53.4 Å². The van der Waals surface area contributed by atoms with Crippen LogP contribution in [0.2, 0.25) is 0 Å². The highest BCUT2D eigenvalue weighted by Crippen LogP contribution is 2.49. The number of alkyl halides is 2. The quantitative estimate of drug-likeness (QED) is 0.111. The Hall–Kier alpha value is -1.69. The lowest BCUT2D eigenvalue weighted by Gasteiger charge is -2.28. The van der Waals surface area contributed by atoms with Crippen molar-refractivity contribution in [2.45, 2.75) is 77.3 Å². The number of anilines is 2. The Morgan fingerprint density at radius 1 is 1.33 bits per heavy atom. The Kier molecular flexibility index (Phi) is 11.2. The van der Waals surface area contributed by atoms with E-state index in [1.807, 2.05) is 0 Å². The number of nitrogens with zero attached hydrogens (tertiary/aromatic N) is 4. The van der Waals surface area contributed by atoms with Crippen molar-refractivity contribution in [2.24, 2.45) is 5.41 Å². The smallest absolute Gasteiger partial charge is 0.323 e. The van der Waals surface area contributed by atoms with Gasteiger partial charge in [0.2, 0.25) is 5.95 Å². The number of hydrogen-bond donors (Lipinski definition) is 4. The van der Waals surface area contributed by atoms with Crippen LogP contribution in [0.4, 0.5) is 16.2 Å². The lowest BCUT2D eigenvalue weighted by molar-refractivity contribution is -0.149. The molecule has 0 aliphatic carbocycles. The first-order chi connectivity index (χ1) is 19.4. The van der Waals surface area contributed by atoms with Crippen molar-refractivity contribution in [3.05, 3.63) is 6.33 Å². The average molecular weight is 672 g/mol. The van der Waals surface area contributed by atoms with Gasteiger partial charge in [0.25, 0.3) is 11.8 Å². The maximum atomic E-state index is 15.7. The third-order valence-corrected chi connectivity index (χ3v) is 10.1. The summed E-state index contributed by atoms with van der Waals surface area (Å²) >= 11 is 12.8. The molecule has 14 nitrogen and oxygen atoms in total. The van der Waals surface area contributed by atoms with E-state index in [0.717, 1.165) is 16.3 Å². The van der Waals surface area contributed by atoms with Crippen LogP contribution >= 0.6 is 30.0 Å². The summed E-state index contributed by atoms with van der Waals surface area (Å²) in [4.78, 5) is 36.6. The van der Waals surface area contributed by atoms with E-state index in [9.17, 15) is 14.7 Å². The fourth-order valence-electron chi connectivity index (χ4n) is 3.65. The highest BCUT2D eigenvalue weighted by Gasteiger charge is 2.58. The molecule has 3 heterocycles. The van der Waals surface area contributed by atoms with Crippen molar-refractivity contribution in [2.75, 3.05) is 30.4 Å². The maximum Gasteiger partial charge on any atom is 0.323 e. The van der Waals surface area contributed by atoms with Crippen LogP contribution in [0.25, 0.3) is 11.2 Å². The molecule has 1 unspecified atom stereocenters. The van der Waals surface area contributed by atoms with Gasteiger partial charge in [0.15, 0.2) is 22.8 Å². The highest BCUT2D eigenvalue weighted by atomic mass is 35.5. The van der Waals surface area contributed by atoms with E-state index in [1.165, 1.54) is 13.3 Å². The Bertz CT molecular complexity index is 1350. The van der Waals surface area contributed by atoms with E-state index in [0.29, 0.717) is 0 Å². The summed E-state index contributed by atoms with van der Waals surface area (Å²) in [5.74, 6) is -0.566. The second-order valence-electron chi connectivity index (χ2n) is 10.8. The number of imidazole rings is 1. The molecule has 19 heteroatoms. The number of aliphatic hydroxyl groups excluding tert-OH is 1. The van der Waals surface area contributed by atoms with Crippen LogP contribution in [0.3, 0.4) is 0 Å². The van der Waals surface area contributed by atoms with Crippen molar-refractivity contribution < 1.29 is 37.6 Å². The molecule has 6 N–H and O–H groups in total. The first-order valence-electron chi connectivity index (χ1n) is 12.9. The molecule has 1 aliphatic rings. The number of thioether (sulfide) groups is 1. The van der Waals surface area contributed by atoms with E-state index in [2.05, 4.69) is 20.0 Å². The van der Waals surface area contributed by atoms with Gasteiger partial charge in [0.1, 0.15) is 23.8 Å². The van der Waals surface area contributed by atoms with Crippen LogP contribution in [-0.2, 0) is 39.9 Å². The van der Waals surface area contributed by atoms with Gasteiger partial charge in [-0.2, -0.15) is 9.97 Å². The number of nitrogen functional groups attached to an aromatic ring is 2. The second-order valence-corrected chi connectivity index (χ2v) is 15.6. The summed E-state index contributed by atoms with van der Waals surface area (Å²) < 4.78 is 39.5. The number of carbonyl (C=O) groups excluding carboxylic acids is 2. The van der Waals surface area contributed by atoms with E-state index >= 15 is 4.39 Å². The van der Waals surface area contributed by atoms with Gasteiger partial charge in [-0.15, -0.1) is 0 Å². The number of aromatic nitrogens is 4. The van der Waals surface area contributed by atoms with Crippen LogP contribution in [0, 0.1) is 5.41 Å². The molecule has 0 amide bonds. The third-order valence-electron chi connectivity index (χ3n) is 5.75. The average Bonchev–Trinajstić information content (AvgIpc) is 3.37. The number of ether oxygens (including phenoxy) is 2. The Balaban J connectivity index is 1.76. The van der Waals surface area contributed by atoms with Gasteiger partial charge in [-0.1, -0.05) is 44.1 Å². The van der Waals surface area contributed by atoms with Crippen molar-refractivity contribution in [1.29, 1.82) is 0 Å². The third kappa shape index (κ3) is 8.27. The summed E-state index contributed by atoms with van der Waals surface area (Å²) in [7, 11) is 0. The summed E-state index contributed by atoms with van der Waals surface area (Å²) in [6.07, 6.45) is -4.05.